The maximum absolute atomic E-state index is 11.5. The zero-order chi connectivity index (χ0) is 18.8. The van der Waals surface area contributed by atoms with Crippen molar-refractivity contribution in [1.82, 2.24) is 5.32 Å². The van der Waals surface area contributed by atoms with Gasteiger partial charge in [-0.3, -0.25) is 0 Å². The smallest absolute Gasteiger partial charge is 0.491 e. The summed E-state index contributed by atoms with van der Waals surface area (Å²) in [5, 5.41) is 12.5. The van der Waals surface area contributed by atoms with Gasteiger partial charge >= 0.3 is 13.1 Å². The molecule has 1 aliphatic rings. The van der Waals surface area contributed by atoms with Crippen molar-refractivity contribution in [2.75, 3.05) is 20.7 Å². The van der Waals surface area contributed by atoms with E-state index in [2.05, 4.69) is 5.32 Å². The maximum atomic E-state index is 11.5. The van der Waals surface area contributed by atoms with Crippen LogP contribution in [0, 0.1) is 0 Å². The van der Waals surface area contributed by atoms with Gasteiger partial charge in [0.1, 0.15) is 5.75 Å². The fraction of sp³-hybridized carbons (Fsp3) is 0.500. The lowest BCUT2D eigenvalue weighted by molar-refractivity contribution is 0.00578. The summed E-state index contributed by atoms with van der Waals surface area (Å²) in [5.74, 6) is -0.402. The largest absolute Gasteiger partial charge is 0.497 e. The lowest BCUT2D eigenvalue weighted by Gasteiger charge is -2.32. The second-order valence-electron chi connectivity index (χ2n) is 7.10. The van der Waals surface area contributed by atoms with E-state index in [-0.39, 0.29) is 5.56 Å². The predicted molar refractivity (Wildman–Crippen MR) is 97.9 cm³/mol. The van der Waals surface area contributed by atoms with Crippen molar-refractivity contribution < 1.29 is 23.9 Å². The van der Waals surface area contributed by atoms with E-state index in [9.17, 15) is 9.90 Å². The lowest BCUT2D eigenvalue weighted by atomic mass is 9.76. The highest BCUT2D eigenvalue weighted by Gasteiger charge is 2.52. The monoisotopic (exact) mass is 347 g/mol. The minimum Gasteiger partial charge on any atom is -0.497 e. The Labute approximate surface area is 149 Å². The van der Waals surface area contributed by atoms with Crippen LogP contribution in [0.5, 0.6) is 5.75 Å². The number of likely N-dealkylation sites (N-methyl/N-ethyl adjacent to an activating group) is 1. The normalized spacial score (nSPS) is 19.1. The first-order valence-electron chi connectivity index (χ1n) is 8.23. The molecule has 0 atom stereocenters. The third-order valence-electron chi connectivity index (χ3n) is 4.77. The van der Waals surface area contributed by atoms with Gasteiger partial charge in [-0.05, 0) is 64.0 Å². The van der Waals surface area contributed by atoms with Crippen LogP contribution in [-0.2, 0) is 9.31 Å². The highest BCUT2D eigenvalue weighted by Crippen LogP contribution is 2.39. The number of rotatable bonds is 6. The molecule has 1 fully saturated rings. The zero-order valence-electron chi connectivity index (χ0n) is 15.7. The van der Waals surface area contributed by atoms with Gasteiger partial charge in [0.05, 0.1) is 23.9 Å². The van der Waals surface area contributed by atoms with Gasteiger partial charge in [-0.2, -0.15) is 0 Å². The second kappa shape index (κ2) is 7.19. The molecule has 2 rings (SSSR count). The lowest BCUT2D eigenvalue weighted by Crippen LogP contribution is -2.41. The molecule has 1 aromatic carbocycles. The summed E-state index contributed by atoms with van der Waals surface area (Å²) in [7, 11) is 2.82. The number of carbonyl (C=O) groups is 1. The van der Waals surface area contributed by atoms with Gasteiger partial charge in [0, 0.05) is 6.54 Å². The minimum atomic E-state index is -0.994. The summed E-state index contributed by atoms with van der Waals surface area (Å²) in [6.45, 7) is 8.44. The second-order valence-corrected chi connectivity index (χ2v) is 7.10. The zero-order valence-corrected chi connectivity index (χ0v) is 15.7. The molecule has 7 heteroatoms. The van der Waals surface area contributed by atoms with E-state index >= 15 is 0 Å². The Morgan fingerprint density at radius 1 is 1.28 bits per heavy atom. The Kier molecular flexibility index (Phi) is 5.61. The molecule has 0 unspecified atom stereocenters. The third-order valence-corrected chi connectivity index (χ3v) is 4.77. The van der Waals surface area contributed by atoms with Crippen molar-refractivity contribution >= 4 is 19.2 Å². The number of hydrogen-bond donors (Lipinski definition) is 2. The van der Waals surface area contributed by atoms with Crippen LogP contribution in [0.2, 0.25) is 0 Å². The first kappa shape index (κ1) is 19.5. The molecular weight excluding hydrogens is 321 g/mol. The van der Waals surface area contributed by atoms with E-state index in [0.717, 1.165) is 5.47 Å². The summed E-state index contributed by atoms with van der Waals surface area (Å²) >= 11 is 0. The van der Waals surface area contributed by atoms with Crippen LogP contribution in [0.15, 0.2) is 23.7 Å². The molecule has 136 valence electrons. The van der Waals surface area contributed by atoms with Gasteiger partial charge < -0.3 is 24.5 Å². The molecule has 1 aliphatic heterocycles. The quantitative estimate of drug-likeness (QED) is 0.771. The van der Waals surface area contributed by atoms with E-state index in [1.807, 2.05) is 34.7 Å². The average molecular weight is 347 g/mol. The molecule has 25 heavy (non-hydrogen) atoms. The number of carboxylic acid groups (broad SMARTS) is 1. The number of hydrogen-bond acceptors (Lipinski definition) is 5. The summed E-state index contributed by atoms with van der Waals surface area (Å²) in [5.41, 5.74) is 0.637. The first-order valence-corrected chi connectivity index (χ1v) is 8.23. The number of methoxy groups -OCH3 is 1. The van der Waals surface area contributed by atoms with Gasteiger partial charge in [0.2, 0.25) is 0 Å². The predicted octanol–water partition coefficient (Wildman–Crippen LogP) is 2.63. The average Bonchev–Trinajstić information content (AvgIpc) is 2.74. The van der Waals surface area contributed by atoms with Crippen molar-refractivity contribution in [2.24, 2.45) is 0 Å². The SMILES string of the molecule is CNCC(=Cc1cc(OC)ccc1C(=O)O)B1OC(C)(C)C(C)(C)O1. The van der Waals surface area contributed by atoms with Crippen molar-refractivity contribution in [3.05, 3.63) is 34.8 Å². The molecular formula is C18H26BNO5. The number of nitrogens with one attached hydrogen (secondary N) is 1. The molecule has 0 aromatic heterocycles. The third kappa shape index (κ3) is 4.06. The Morgan fingerprint density at radius 2 is 1.88 bits per heavy atom. The molecule has 1 aromatic rings. The Balaban J connectivity index is 2.46. The van der Waals surface area contributed by atoms with E-state index in [1.54, 1.807) is 25.3 Å². The summed E-state index contributed by atoms with van der Waals surface area (Å²) in [6.07, 6.45) is 1.80. The van der Waals surface area contributed by atoms with Crippen LogP contribution in [0.1, 0.15) is 43.6 Å². The molecule has 0 spiro atoms. The molecule has 0 saturated carbocycles. The summed E-state index contributed by atoms with van der Waals surface area (Å²) in [6, 6.07) is 4.87. The molecule has 1 heterocycles. The highest BCUT2D eigenvalue weighted by molar-refractivity contribution is 6.56. The molecule has 1 saturated heterocycles. The Morgan fingerprint density at radius 3 is 2.36 bits per heavy atom. The summed E-state index contributed by atoms with van der Waals surface area (Å²) < 4.78 is 17.4. The number of carboxylic acids is 1. The standard InChI is InChI=1S/C18H26BNO5/c1-17(2)18(3,4)25-19(24-17)13(11-20-5)9-12-10-14(23-6)7-8-15(12)16(21)22/h7-10,20H,11H2,1-6H3,(H,21,22). The molecule has 0 bridgehead atoms. The maximum Gasteiger partial charge on any atom is 0.491 e. The van der Waals surface area contributed by atoms with Crippen LogP contribution in [0.3, 0.4) is 0 Å². The van der Waals surface area contributed by atoms with Gasteiger partial charge in [-0.1, -0.05) is 6.08 Å². The number of aromatic carboxylic acids is 1. The van der Waals surface area contributed by atoms with Crippen molar-refractivity contribution in [2.45, 2.75) is 38.9 Å². The van der Waals surface area contributed by atoms with Crippen LogP contribution in [-0.4, -0.2) is 50.1 Å². The van der Waals surface area contributed by atoms with Gasteiger partial charge in [-0.15, -0.1) is 0 Å². The van der Waals surface area contributed by atoms with Crippen LogP contribution in [0.25, 0.3) is 6.08 Å². The fourth-order valence-electron chi connectivity index (χ4n) is 2.58. The van der Waals surface area contributed by atoms with Gasteiger partial charge in [-0.25, -0.2) is 4.79 Å². The summed E-state index contributed by atoms with van der Waals surface area (Å²) in [4.78, 5) is 11.5. The van der Waals surface area contributed by atoms with Gasteiger partial charge in [0.15, 0.2) is 0 Å². The van der Waals surface area contributed by atoms with Crippen molar-refractivity contribution in [3.8, 4) is 5.75 Å². The van der Waals surface area contributed by atoms with E-state index in [1.165, 1.54) is 6.07 Å². The van der Waals surface area contributed by atoms with Crippen molar-refractivity contribution in [1.29, 1.82) is 0 Å². The van der Waals surface area contributed by atoms with E-state index in [0.29, 0.717) is 17.9 Å². The molecule has 0 amide bonds. The molecule has 0 radical (unpaired) electrons. The Hall–Kier alpha value is -1.83. The van der Waals surface area contributed by atoms with E-state index in [4.69, 9.17) is 14.0 Å². The highest BCUT2D eigenvalue weighted by atomic mass is 16.7. The fourth-order valence-corrected chi connectivity index (χ4v) is 2.58. The minimum absolute atomic E-state index is 0.200. The number of benzene rings is 1. The van der Waals surface area contributed by atoms with Gasteiger partial charge in [0.25, 0.3) is 0 Å². The topological polar surface area (TPSA) is 77.0 Å². The Bertz CT molecular complexity index is 668. The van der Waals surface area contributed by atoms with Crippen LogP contribution >= 0.6 is 0 Å². The molecule has 2 N–H and O–H groups in total. The molecule has 6 nitrogen and oxygen atoms in total. The van der Waals surface area contributed by atoms with Crippen molar-refractivity contribution in [3.63, 3.8) is 0 Å². The van der Waals surface area contributed by atoms with Crippen LogP contribution < -0.4 is 10.1 Å². The van der Waals surface area contributed by atoms with Crippen LogP contribution in [0.4, 0.5) is 0 Å². The van der Waals surface area contributed by atoms with E-state index < -0.39 is 24.3 Å². The number of ether oxygens (including phenoxy) is 1. The molecule has 0 aliphatic carbocycles. The first-order chi connectivity index (χ1) is 11.6.